The molecule has 0 radical (unpaired) electrons. The van der Waals surface area contributed by atoms with E-state index in [1.54, 1.807) is 0 Å². The summed E-state index contributed by atoms with van der Waals surface area (Å²) in [5.74, 6) is 0.726. The van der Waals surface area contributed by atoms with Crippen molar-refractivity contribution in [3.8, 4) is 0 Å². The number of hydrogen-bond donors (Lipinski definition) is 1. The number of carbonyl (C=O) groups is 2. The first-order valence-electron chi connectivity index (χ1n) is 12.4. The fourth-order valence-electron chi connectivity index (χ4n) is 5.82. The lowest BCUT2D eigenvalue weighted by atomic mass is 9.93. The van der Waals surface area contributed by atoms with Crippen LogP contribution in [0.25, 0.3) is 11.1 Å². The van der Waals surface area contributed by atoms with Crippen molar-refractivity contribution in [1.82, 2.24) is 19.7 Å². The molecular weight excluding hydrogens is 404 g/mol. The molecule has 2 fully saturated rings. The molecule has 4 heterocycles. The lowest BCUT2D eigenvalue weighted by Gasteiger charge is -2.45. The molecule has 2 aliphatic heterocycles. The molecule has 0 bridgehead atoms. The Labute approximate surface area is 190 Å². The molecule has 1 saturated carbocycles. The highest BCUT2D eigenvalue weighted by Crippen LogP contribution is 2.34. The van der Waals surface area contributed by atoms with Crippen molar-refractivity contribution in [2.75, 3.05) is 26.2 Å². The van der Waals surface area contributed by atoms with Crippen LogP contribution >= 0.6 is 0 Å². The average molecular weight is 441 g/mol. The van der Waals surface area contributed by atoms with Gasteiger partial charge in [0.05, 0.1) is 12.1 Å². The van der Waals surface area contributed by atoms with E-state index in [1.807, 2.05) is 35.4 Å². The summed E-state index contributed by atoms with van der Waals surface area (Å²) in [6.07, 6.45) is 9.31. The monoisotopic (exact) mass is 440 g/mol. The summed E-state index contributed by atoms with van der Waals surface area (Å²) in [6.45, 7) is 7.85. The molecule has 3 aliphatic rings. The van der Waals surface area contributed by atoms with Gasteiger partial charge in [0, 0.05) is 31.3 Å². The van der Waals surface area contributed by atoms with E-state index in [1.165, 1.54) is 25.7 Å². The van der Waals surface area contributed by atoms with Gasteiger partial charge in [0.25, 0.3) is 5.91 Å². The zero-order chi connectivity index (χ0) is 22.3. The highest BCUT2D eigenvalue weighted by Gasteiger charge is 2.48. The second-order valence-corrected chi connectivity index (χ2v) is 10.2. The van der Waals surface area contributed by atoms with Crippen molar-refractivity contribution >= 4 is 22.9 Å². The molecule has 174 valence electrons. The predicted molar refractivity (Wildman–Crippen MR) is 124 cm³/mol. The third-order valence-electron chi connectivity index (χ3n) is 7.76. The first kappa shape index (κ1) is 21.6. The maximum atomic E-state index is 13.8. The van der Waals surface area contributed by atoms with Crippen molar-refractivity contribution < 1.29 is 14.0 Å². The molecule has 7 heteroatoms. The van der Waals surface area contributed by atoms with Crippen LogP contribution in [-0.2, 0) is 11.3 Å². The minimum Gasteiger partial charge on any atom is -0.460 e. The third kappa shape index (κ3) is 3.85. The highest BCUT2D eigenvalue weighted by molar-refractivity contribution is 6.03. The summed E-state index contributed by atoms with van der Waals surface area (Å²) < 4.78 is 7.80. The summed E-state index contributed by atoms with van der Waals surface area (Å²) in [5.41, 5.74) is 1.32. The Bertz CT molecular complexity index is 994. The topological polar surface area (TPSA) is 70.7 Å². The van der Waals surface area contributed by atoms with Crippen LogP contribution in [0.1, 0.15) is 74.5 Å². The Morgan fingerprint density at radius 2 is 1.81 bits per heavy atom. The molecule has 0 aromatic carbocycles. The molecule has 0 spiro atoms. The number of hydrogen-bond acceptors (Lipinski definition) is 4. The number of furan rings is 1. The molecule has 1 saturated heterocycles. The van der Waals surface area contributed by atoms with Crippen molar-refractivity contribution in [1.29, 1.82) is 0 Å². The fourth-order valence-corrected chi connectivity index (χ4v) is 5.82. The molecule has 2 aromatic rings. The van der Waals surface area contributed by atoms with Gasteiger partial charge in [-0.2, -0.15) is 0 Å². The van der Waals surface area contributed by atoms with Gasteiger partial charge in [-0.15, -0.1) is 0 Å². The van der Waals surface area contributed by atoms with E-state index in [2.05, 4.69) is 10.2 Å². The molecule has 7 nitrogen and oxygen atoms in total. The molecule has 1 aliphatic carbocycles. The highest BCUT2D eigenvalue weighted by atomic mass is 16.3. The molecule has 32 heavy (non-hydrogen) atoms. The van der Waals surface area contributed by atoms with E-state index in [0.29, 0.717) is 18.8 Å². The van der Waals surface area contributed by atoms with E-state index in [9.17, 15) is 9.59 Å². The number of likely N-dealkylation sites (tertiary alicyclic amines) is 1. The second-order valence-electron chi connectivity index (χ2n) is 10.2. The standard InChI is InChI=1S/C25H36N4O3/c1-18-15-20-22(32-18)16-21-23(30)29(14-13-27-11-7-8-12-27)25(2,17-28(20)21)24(31)26-19-9-5-3-4-6-10-19/h15-16,19H,3-14,17H2,1-2H3,(H,26,31)/t25-/m0/s1. The molecule has 1 atom stereocenters. The van der Waals surface area contributed by atoms with Crippen LogP contribution in [0.4, 0.5) is 0 Å². The van der Waals surface area contributed by atoms with Crippen LogP contribution in [0.15, 0.2) is 16.5 Å². The van der Waals surface area contributed by atoms with Crippen LogP contribution < -0.4 is 5.32 Å². The summed E-state index contributed by atoms with van der Waals surface area (Å²) in [5, 5.41) is 3.34. The smallest absolute Gasteiger partial charge is 0.271 e. The second kappa shape index (κ2) is 8.58. The minimum atomic E-state index is -0.923. The molecule has 2 aromatic heterocycles. The number of nitrogens with one attached hydrogen (secondary N) is 1. The Morgan fingerprint density at radius 1 is 1.09 bits per heavy atom. The molecule has 0 unspecified atom stereocenters. The quantitative estimate of drug-likeness (QED) is 0.720. The van der Waals surface area contributed by atoms with Crippen LogP contribution in [-0.4, -0.2) is 63.9 Å². The molecule has 1 N–H and O–H groups in total. The summed E-state index contributed by atoms with van der Waals surface area (Å²) in [4.78, 5) is 31.7. The number of carbonyl (C=O) groups excluding carboxylic acids is 2. The Morgan fingerprint density at radius 3 is 2.53 bits per heavy atom. The van der Waals surface area contributed by atoms with Gasteiger partial charge >= 0.3 is 0 Å². The van der Waals surface area contributed by atoms with Crippen LogP contribution in [0, 0.1) is 6.92 Å². The number of aryl methyl sites for hydroxylation is 1. The third-order valence-corrected chi connectivity index (χ3v) is 7.76. The summed E-state index contributed by atoms with van der Waals surface area (Å²) in [7, 11) is 0. The lowest BCUT2D eigenvalue weighted by molar-refractivity contribution is -0.133. The van der Waals surface area contributed by atoms with Gasteiger partial charge in [-0.1, -0.05) is 25.7 Å². The molecule has 5 rings (SSSR count). The lowest BCUT2D eigenvalue weighted by Crippen LogP contribution is -2.65. The van der Waals surface area contributed by atoms with E-state index in [4.69, 9.17) is 4.42 Å². The van der Waals surface area contributed by atoms with E-state index in [-0.39, 0.29) is 17.9 Å². The number of aromatic nitrogens is 1. The average Bonchev–Trinajstić information content (AvgIpc) is 3.42. The zero-order valence-corrected chi connectivity index (χ0v) is 19.5. The summed E-state index contributed by atoms with van der Waals surface area (Å²) in [6, 6.07) is 4.02. The normalized spacial score (nSPS) is 25.3. The summed E-state index contributed by atoms with van der Waals surface area (Å²) >= 11 is 0. The van der Waals surface area contributed by atoms with Crippen molar-refractivity contribution in [3.05, 3.63) is 23.6 Å². The zero-order valence-electron chi connectivity index (χ0n) is 19.5. The van der Waals surface area contributed by atoms with Gasteiger partial charge in [-0.25, -0.2) is 0 Å². The van der Waals surface area contributed by atoms with Gasteiger partial charge in [-0.3, -0.25) is 9.59 Å². The maximum absolute atomic E-state index is 13.8. The number of amides is 2. The van der Waals surface area contributed by atoms with E-state index < -0.39 is 5.54 Å². The fraction of sp³-hybridized carbons (Fsp3) is 0.680. The predicted octanol–water partition coefficient (Wildman–Crippen LogP) is 3.69. The SMILES string of the molecule is Cc1cc2c(cc3n2C[C@@](C)(C(=O)NC2CCCCCC2)N(CCN2CCCC2)C3=O)o1. The van der Waals surface area contributed by atoms with Gasteiger partial charge in [0.2, 0.25) is 5.91 Å². The number of rotatable bonds is 5. The Balaban J connectivity index is 1.45. The van der Waals surface area contributed by atoms with Crippen LogP contribution in [0.2, 0.25) is 0 Å². The van der Waals surface area contributed by atoms with Crippen molar-refractivity contribution in [3.63, 3.8) is 0 Å². The van der Waals surface area contributed by atoms with Gasteiger partial charge in [0.15, 0.2) is 5.58 Å². The van der Waals surface area contributed by atoms with Crippen molar-refractivity contribution in [2.24, 2.45) is 0 Å². The largest absolute Gasteiger partial charge is 0.460 e. The minimum absolute atomic E-state index is 0.0214. The van der Waals surface area contributed by atoms with Crippen LogP contribution in [0.3, 0.4) is 0 Å². The maximum Gasteiger partial charge on any atom is 0.271 e. The molecule has 2 amide bonds. The molecular formula is C25H36N4O3. The number of fused-ring (bicyclic) bond motifs is 3. The number of nitrogens with zero attached hydrogens (tertiary/aromatic N) is 3. The van der Waals surface area contributed by atoms with Gasteiger partial charge < -0.3 is 24.1 Å². The Hall–Kier alpha value is -2.28. The van der Waals surface area contributed by atoms with E-state index >= 15 is 0 Å². The Kier molecular flexibility index (Phi) is 5.78. The first-order chi connectivity index (χ1) is 15.5. The van der Waals surface area contributed by atoms with Gasteiger partial charge in [-0.05, 0) is 52.6 Å². The van der Waals surface area contributed by atoms with E-state index in [0.717, 1.165) is 62.2 Å². The van der Waals surface area contributed by atoms with Crippen molar-refractivity contribution in [2.45, 2.75) is 83.3 Å². The first-order valence-corrected chi connectivity index (χ1v) is 12.4. The van der Waals surface area contributed by atoms with Crippen LogP contribution in [0.5, 0.6) is 0 Å². The van der Waals surface area contributed by atoms with Gasteiger partial charge in [0.1, 0.15) is 17.0 Å².